The number of carbonyl (C=O) groups is 1. The first kappa shape index (κ1) is 13.5. The Labute approximate surface area is 102 Å². The van der Waals surface area contributed by atoms with Crippen molar-refractivity contribution in [1.82, 2.24) is 0 Å². The molecule has 4 heteroatoms. The normalized spacial score (nSPS) is 26.9. The summed E-state index contributed by atoms with van der Waals surface area (Å²) in [6.45, 7) is 9.69. The van der Waals surface area contributed by atoms with Crippen molar-refractivity contribution in [3.05, 3.63) is 24.3 Å². The van der Waals surface area contributed by atoms with Crippen LogP contribution in [0.5, 0.6) is 0 Å². The van der Waals surface area contributed by atoms with Crippen molar-refractivity contribution >= 4 is 12.2 Å². The molecule has 0 aromatic carbocycles. The van der Waals surface area contributed by atoms with Gasteiger partial charge in [-0.25, -0.2) is 0 Å². The van der Waals surface area contributed by atoms with Crippen LogP contribution >= 0.6 is 0 Å². The Morgan fingerprint density at radius 2 is 2.24 bits per heavy atom. The molecule has 0 saturated heterocycles. The first-order chi connectivity index (χ1) is 7.91. The molecule has 0 radical (unpaired) electrons. The van der Waals surface area contributed by atoms with Gasteiger partial charge in [0, 0.05) is 0 Å². The second kappa shape index (κ2) is 5.17. The molecule has 0 aliphatic heterocycles. The standard InChI is InChI=1S/C13H19NO3/c1-5-6-17-14-8-9(2)7-10-11(12(15)16)13(10,3)4/h5,7-8,10-11H,1,6H2,2-4H3,(H,15,16)/b9-7+,14-8?/t10-,11+/m1/s1. The zero-order valence-electron chi connectivity index (χ0n) is 10.5. The molecule has 0 bridgehead atoms. The molecule has 1 aliphatic rings. The minimum absolute atomic E-state index is 0.0749. The molecule has 94 valence electrons. The Kier molecular flexibility index (Phi) is 4.10. The second-order valence-corrected chi connectivity index (χ2v) is 4.89. The van der Waals surface area contributed by atoms with E-state index in [1.165, 1.54) is 0 Å². The summed E-state index contributed by atoms with van der Waals surface area (Å²) in [6, 6.07) is 0. The van der Waals surface area contributed by atoms with Crippen molar-refractivity contribution in [1.29, 1.82) is 0 Å². The summed E-state index contributed by atoms with van der Waals surface area (Å²) in [4.78, 5) is 15.8. The number of carboxylic acid groups (broad SMARTS) is 1. The van der Waals surface area contributed by atoms with Crippen LogP contribution in [0.2, 0.25) is 0 Å². The average molecular weight is 237 g/mol. The van der Waals surface area contributed by atoms with Crippen LogP contribution in [0.25, 0.3) is 0 Å². The first-order valence-electron chi connectivity index (χ1n) is 5.58. The summed E-state index contributed by atoms with van der Waals surface area (Å²) >= 11 is 0. The Balaban J connectivity index is 2.56. The minimum atomic E-state index is -0.733. The summed E-state index contributed by atoms with van der Waals surface area (Å²) in [7, 11) is 0. The number of rotatable bonds is 6. The van der Waals surface area contributed by atoms with Crippen LogP contribution in [0.1, 0.15) is 20.8 Å². The highest BCUT2D eigenvalue weighted by atomic mass is 16.6. The van der Waals surface area contributed by atoms with Crippen LogP contribution in [0.3, 0.4) is 0 Å². The number of aliphatic carboxylic acids is 1. The molecule has 0 aromatic heterocycles. The van der Waals surface area contributed by atoms with E-state index in [0.29, 0.717) is 6.61 Å². The second-order valence-electron chi connectivity index (χ2n) is 4.89. The molecule has 1 saturated carbocycles. The number of hydrogen-bond donors (Lipinski definition) is 1. The number of carboxylic acids is 1. The number of nitrogens with zero attached hydrogens (tertiary/aromatic N) is 1. The van der Waals surface area contributed by atoms with Gasteiger partial charge in [0.2, 0.25) is 0 Å². The molecule has 1 aliphatic carbocycles. The maximum Gasteiger partial charge on any atom is 0.307 e. The molecule has 0 spiro atoms. The van der Waals surface area contributed by atoms with Gasteiger partial charge in [0.05, 0.1) is 12.1 Å². The van der Waals surface area contributed by atoms with E-state index in [1.807, 2.05) is 26.8 Å². The molecule has 0 aromatic rings. The summed E-state index contributed by atoms with van der Waals surface area (Å²) in [5.74, 6) is -0.949. The summed E-state index contributed by atoms with van der Waals surface area (Å²) in [6.07, 6.45) is 5.15. The molecule has 4 nitrogen and oxygen atoms in total. The largest absolute Gasteiger partial charge is 0.481 e. The van der Waals surface area contributed by atoms with Crippen molar-refractivity contribution in [2.24, 2.45) is 22.4 Å². The van der Waals surface area contributed by atoms with Gasteiger partial charge >= 0.3 is 5.97 Å². The lowest BCUT2D eigenvalue weighted by molar-refractivity contribution is -0.139. The average Bonchev–Trinajstić information content (AvgIpc) is 2.75. The molecule has 0 heterocycles. The highest BCUT2D eigenvalue weighted by Gasteiger charge is 2.60. The monoisotopic (exact) mass is 237 g/mol. The van der Waals surface area contributed by atoms with Crippen molar-refractivity contribution in [2.75, 3.05) is 6.61 Å². The smallest absolute Gasteiger partial charge is 0.307 e. The Hall–Kier alpha value is -1.58. The summed E-state index contributed by atoms with van der Waals surface area (Å²) in [5.41, 5.74) is 0.749. The fourth-order valence-electron chi connectivity index (χ4n) is 2.00. The van der Waals surface area contributed by atoms with Crippen LogP contribution < -0.4 is 0 Å². The fourth-order valence-corrected chi connectivity index (χ4v) is 2.00. The van der Waals surface area contributed by atoms with Gasteiger partial charge in [-0.15, -0.1) is 0 Å². The van der Waals surface area contributed by atoms with Crippen LogP contribution in [-0.4, -0.2) is 23.9 Å². The molecular weight excluding hydrogens is 218 g/mol. The first-order valence-corrected chi connectivity index (χ1v) is 5.58. The summed E-state index contributed by atoms with van der Waals surface area (Å²) < 4.78 is 0. The van der Waals surface area contributed by atoms with Gasteiger partial charge in [-0.2, -0.15) is 0 Å². The third-order valence-electron chi connectivity index (χ3n) is 3.14. The molecule has 2 atom stereocenters. The molecule has 1 rings (SSSR count). The Morgan fingerprint density at radius 1 is 1.59 bits per heavy atom. The quantitative estimate of drug-likeness (QED) is 0.334. The lowest BCUT2D eigenvalue weighted by Gasteiger charge is -1.97. The van der Waals surface area contributed by atoms with E-state index in [4.69, 9.17) is 9.94 Å². The third kappa shape index (κ3) is 3.19. The molecule has 0 amide bonds. The van der Waals surface area contributed by atoms with Crippen LogP contribution in [0, 0.1) is 17.3 Å². The minimum Gasteiger partial charge on any atom is -0.481 e. The molecule has 17 heavy (non-hydrogen) atoms. The highest BCUT2D eigenvalue weighted by molar-refractivity contribution is 5.80. The van der Waals surface area contributed by atoms with Gasteiger partial charge in [-0.05, 0) is 23.8 Å². The van der Waals surface area contributed by atoms with Gasteiger partial charge in [0.1, 0.15) is 6.61 Å². The van der Waals surface area contributed by atoms with Gasteiger partial charge in [0.25, 0.3) is 0 Å². The number of oxime groups is 1. The van der Waals surface area contributed by atoms with Crippen LogP contribution in [-0.2, 0) is 9.63 Å². The zero-order chi connectivity index (χ0) is 13.1. The van der Waals surface area contributed by atoms with Gasteiger partial charge in [-0.1, -0.05) is 37.7 Å². The predicted molar refractivity (Wildman–Crippen MR) is 66.8 cm³/mol. The van der Waals surface area contributed by atoms with Gasteiger partial charge in [0.15, 0.2) is 0 Å². The molecule has 1 fully saturated rings. The van der Waals surface area contributed by atoms with Gasteiger partial charge < -0.3 is 9.94 Å². The maximum absolute atomic E-state index is 11.0. The van der Waals surface area contributed by atoms with E-state index in [1.54, 1.807) is 12.3 Å². The van der Waals surface area contributed by atoms with E-state index >= 15 is 0 Å². The highest BCUT2D eigenvalue weighted by Crippen LogP contribution is 2.59. The predicted octanol–water partition coefficient (Wildman–Crippen LogP) is 2.48. The van der Waals surface area contributed by atoms with E-state index < -0.39 is 5.97 Å². The molecule has 1 N–H and O–H groups in total. The Morgan fingerprint density at radius 3 is 2.71 bits per heavy atom. The van der Waals surface area contributed by atoms with E-state index in [-0.39, 0.29) is 17.3 Å². The van der Waals surface area contributed by atoms with Crippen LogP contribution in [0.4, 0.5) is 0 Å². The van der Waals surface area contributed by atoms with Gasteiger partial charge in [-0.3, -0.25) is 4.79 Å². The van der Waals surface area contributed by atoms with E-state index in [0.717, 1.165) is 5.57 Å². The SMILES string of the molecule is C=CCON=C/C(C)=C/[C@@H]1[C@@H](C(=O)O)C1(C)C. The number of hydrogen-bond acceptors (Lipinski definition) is 3. The lowest BCUT2D eigenvalue weighted by Crippen LogP contribution is -2.03. The Bertz CT molecular complexity index is 369. The van der Waals surface area contributed by atoms with Crippen molar-refractivity contribution in [2.45, 2.75) is 20.8 Å². The molecule has 0 unspecified atom stereocenters. The van der Waals surface area contributed by atoms with Crippen molar-refractivity contribution in [3.63, 3.8) is 0 Å². The summed E-state index contributed by atoms with van der Waals surface area (Å²) in [5, 5.41) is 12.8. The fraction of sp³-hybridized carbons (Fsp3) is 0.538. The lowest BCUT2D eigenvalue weighted by atomic mass is 10.1. The topological polar surface area (TPSA) is 58.9 Å². The van der Waals surface area contributed by atoms with E-state index in [9.17, 15) is 4.79 Å². The van der Waals surface area contributed by atoms with Crippen LogP contribution in [0.15, 0.2) is 29.5 Å². The molecular formula is C13H19NO3. The third-order valence-corrected chi connectivity index (χ3v) is 3.14. The zero-order valence-corrected chi connectivity index (χ0v) is 10.5. The van der Waals surface area contributed by atoms with Crippen molar-refractivity contribution in [3.8, 4) is 0 Å². The maximum atomic E-state index is 11.0. The number of allylic oxidation sites excluding steroid dienone is 2. The van der Waals surface area contributed by atoms with Crippen molar-refractivity contribution < 1.29 is 14.7 Å². The van der Waals surface area contributed by atoms with E-state index in [2.05, 4.69) is 11.7 Å².